The van der Waals surface area contributed by atoms with Gasteiger partial charge in [0.1, 0.15) is 12.4 Å². The van der Waals surface area contributed by atoms with E-state index in [4.69, 9.17) is 9.47 Å². The normalized spacial score (nSPS) is 31.7. The zero-order valence-electron chi connectivity index (χ0n) is 6.79. The van der Waals surface area contributed by atoms with Crippen LogP contribution in [-0.4, -0.2) is 32.2 Å². The first-order valence-electron chi connectivity index (χ1n) is 3.96. The molecule has 2 unspecified atom stereocenters. The summed E-state index contributed by atoms with van der Waals surface area (Å²) in [4.78, 5) is 10.3. The van der Waals surface area contributed by atoms with Gasteiger partial charge in [0.15, 0.2) is 0 Å². The van der Waals surface area contributed by atoms with E-state index in [-0.39, 0.29) is 12.2 Å². The van der Waals surface area contributed by atoms with E-state index in [2.05, 4.69) is 0 Å². The molecule has 1 rings (SSSR count). The van der Waals surface area contributed by atoms with E-state index in [1.54, 1.807) is 7.11 Å². The molecule has 0 aromatic rings. The van der Waals surface area contributed by atoms with E-state index >= 15 is 0 Å². The Bertz CT molecular complexity index is 123. The van der Waals surface area contributed by atoms with Crippen LogP contribution in [0.15, 0.2) is 0 Å². The lowest BCUT2D eigenvalue weighted by Crippen LogP contribution is -2.31. The quantitative estimate of drug-likeness (QED) is 0.569. The van der Waals surface area contributed by atoms with E-state index < -0.39 is 0 Å². The van der Waals surface area contributed by atoms with Gasteiger partial charge in [0.25, 0.3) is 0 Å². The van der Waals surface area contributed by atoms with Gasteiger partial charge in [-0.1, -0.05) is 0 Å². The summed E-state index contributed by atoms with van der Waals surface area (Å²) in [5.41, 5.74) is 0. The van der Waals surface area contributed by atoms with Crippen LogP contribution in [0.5, 0.6) is 0 Å². The molecule has 0 aromatic carbocycles. The second-order valence-electron chi connectivity index (χ2n) is 2.82. The Balaban J connectivity index is 2.27. The molecule has 0 bridgehead atoms. The summed E-state index contributed by atoms with van der Waals surface area (Å²) in [5, 5.41) is 0. The van der Waals surface area contributed by atoms with Crippen molar-refractivity contribution in [2.75, 3.05) is 13.7 Å². The van der Waals surface area contributed by atoms with Crippen LogP contribution in [0, 0.1) is 0 Å². The van der Waals surface area contributed by atoms with Gasteiger partial charge in [0.05, 0.1) is 12.7 Å². The predicted octanol–water partition coefficient (Wildman–Crippen LogP) is 0.769. The van der Waals surface area contributed by atoms with Crippen LogP contribution >= 0.6 is 0 Å². The molecule has 1 aliphatic heterocycles. The number of carbonyl (C=O) groups excluding carboxylic acids is 1. The summed E-state index contributed by atoms with van der Waals surface area (Å²) in [7, 11) is 1.65. The molecule has 0 spiro atoms. The molecule has 64 valence electrons. The van der Waals surface area contributed by atoms with Gasteiger partial charge in [0.2, 0.25) is 0 Å². The number of ether oxygens (including phenoxy) is 2. The lowest BCUT2D eigenvalue weighted by molar-refractivity contribution is -0.130. The third kappa shape index (κ3) is 2.60. The molecule has 0 radical (unpaired) electrons. The Morgan fingerprint density at radius 1 is 1.64 bits per heavy atom. The van der Waals surface area contributed by atoms with Crippen LogP contribution in [0.3, 0.4) is 0 Å². The molecular weight excluding hydrogens is 144 g/mol. The molecule has 1 aliphatic rings. The van der Waals surface area contributed by atoms with Crippen molar-refractivity contribution in [3.63, 3.8) is 0 Å². The van der Waals surface area contributed by atoms with Crippen molar-refractivity contribution >= 4 is 6.29 Å². The van der Waals surface area contributed by atoms with Gasteiger partial charge < -0.3 is 14.3 Å². The molecular formula is C8H14O3. The standard InChI is InChI=1S/C8H14O3/c1-10-6-8-4-2-3-7(5-9)11-8/h5,7-8H,2-4,6H2,1H3. The summed E-state index contributed by atoms with van der Waals surface area (Å²) < 4.78 is 10.3. The number of aldehydes is 1. The van der Waals surface area contributed by atoms with Crippen molar-refractivity contribution < 1.29 is 14.3 Å². The van der Waals surface area contributed by atoms with Crippen molar-refractivity contribution in [1.82, 2.24) is 0 Å². The largest absolute Gasteiger partial charge is 0.382 e. The van der Waals surface area contributed by atoms with Crippen molar-refractivity contribution in [3.05, 3.63) is 0 Å². The van der Waals surface area contributed by atoms with Gasteiger partial charge in [0, 0.05) is 7.11 Å². The zero-order chi connectivity index (χ0) is 8.10. The lowest BCUT2D eigenvalue weighted by Gasteiger charge is -2.26. The smallest absolute Gasteiger partial charge is 0.148 e. The SMILES string of the molecule is COCC1CCCC(C=O)O1. The molecule has 0 amide bonds. The Kier molecular flexibility index (Phi) is 3.52. The first-order chi connectivity index (χ1) is 5.36. The van der Waals surface area contributed by atoms with Crippen LogP contribution in [-0.2, 0) is 14.3 Å². The Labute approximate surface area is 66.7 Å². The average Bonchev–Trinajstić information content (AvgIpc) is 2.06. The Morgan fingerprint density at radius 3 is 3.09 bits per heavy atom. The van der Waals surface area contributed by atoms with Gasteiger partial charge in [-0.25, -0.2) is 0 Å². The molecule has 1 saturated heterocycles. The summed E-state index contributed by atoms with van der Waals surface area (Å²) in [6.45, 7) is 0.602. The maximum atomic E-state index is 10.3. The lowest BCUT2D eigenvalue weighted by atomic mass is 10.1. The van der Waals surface area contributed by atoms with E-state index in [9.17, 15) is 4.79 Å². The number of rotatable bonds is 3. The first-order valence-corrected chi connectivity index (χ1v) is 3.96. The van der Waals surface area contributed by atoms with Crippen molar-refractivity contribution in [2.45, 2.75) is 31.5 Å². The highest BCUT2D eigenvalue weighted by Crippen LogP contribution is 2.17. The van der Waals surface area contributed by atoms with Crippen LogP contribution in [0.1, 0.15) is 19.3 Å². The minimum atomic E-state index is -0.191. The van der Waals surface area contributed by atoms with Gasteiger partial charge in [-0.15, -0.1) is 0 Å². The monoisotopic (exact) mass is 158 g/mol. The number of hydrogen-bond acceptors (Lipinski definition) is 3. The van der Waals surface area contributed by atoms with Crippen LogP contribution in [0.4, 0.5) is 0 Å². The third-order valence-corrected chi connectivity index (χ3v) is 1.89. The van der Waals surface area contributed by atoms with E-state index in [1.807, 2.05) is 0 Å². The minimum Gasteiger partial charge on any atom is -0.382 e. The number of carbonyl (C=O) groups is 1. The Morgan fingerprint density at radius 2 is 2.45 bits per heavy atom. The van der Waals surface area contributed by atoms with Crippen molar-refractivity contribution in [2.24, 2.45) is 0 Å². The molecule has 1 heterocycles. The highest BCUT2D eigenvalue weighted by Gasteiger charge is 2.21. The predicted molar refractivity (Wildman–Crippen MR) is 40.5 cm³/mol. The van der Waals surface area contributed by atoms with Gasteiger partial charge in [-0.3, -0.25) is 0 Å². The maximum absolute atomic E-state index is 10.3. The summed E-state index contributed by atoms with van der Waals surface area (Å²) in [6, 6.07) is 0. The molecule has 0 N–H and O–H groups in total. The summed E-state index contributed by atoms with van der Waals surface area (Å²) in [6.07, 6.45) is 3.76. The number of methoxy groups -OCH3 is 1. The molecule has 0 saturated carbocycles. The Hall–Kier alpha value is -0.410. The molecule has 11 heavy (non-hydrogen) atoms. The molecule has 3 nitrogen and oxygen atoms in total. The van der Waals surface area contributed by atoms with E-state index in [0.717, 1.165) is 25.5 Å². The van der Waals surface area contributed by atoms with Crippen LogP contribution < -0.4 is 0 Å². The van der Waals surface area contributed by atoms with E-state index in [0.29, 0.717) is 6.61 Å². The van der Waals surface area contributed by atoms with Gasteiger partial charge in [-0.2, -0.15) is 0 Å². The van der Waals surface area contributed by atoms with Crippen LogP contribution in [0.2, 0.25) is 0 Å². The third-order valence-electron chi connectivity index (χ3n) is 1.89. The molecule has 1 fully saturated rings. The molecule has 0 aromatic heterocycles. The van der Waals surface area contributed by atoms with Gasteiger partial charge >= 0.3 is 0 Å². The van der Waals surface area contributed by atoms with Crippen molar-refractivity contribution in [3.8, 4) is 0 Å². The van der Waals surface area contributed by atoms with E-state index in [1.165, 1.54) is 0 Å². The fraction of sp³-hybridized carbons (Fsp3) is 0.875. The highest BCUT2D eigenvalue weighted by molar-refractivity contribution is 5.56. The zero-order valence-corrected chi connectivity index (χ0v) is 6.79. The molecule has 3 heteroatoms. The number of hydrogen-bond donors (Lipinski definition) is 0. The summed E-state index contributed by atoms with van der Waals surface area (Å²) in [5.74, 6) is 0. The van der Waals surface area contributed by atoms with Crippen LogP contribution in [0.25, 0.3) is 0 Å². The second-order valence-corrected chi connectivity index (χ2v) is 2.82. The topological polar surface area (TPSA) is 35.5 Å². The highest BCUT2D eigenvalue weighted by atomic mass is 16.5. The molecule has 2 atom stereocenters. The average molecular weight is 158 g/mol. The first kappa shape index (κ1) is 8.68. The van der Waals surface area contributed by atoms with Gasteiger partial charge in [-0.05, 0) is 19.3 Å². The fourth-order valence-corrected chi connectivity index (χ4v) is 1.34. The van der Waals surface area contributed by atoms with Crippen molar-refractivity contribution in [1.29, 1.82) is 0 Å². The summed E-state index contributed by atoms with van der Waals surface area (Å²) >= 11 is 0. The fourth-order valence-electron chi connectivity index (χ4n) is 1.34. The maximum Gasteiger partial charge on any atom is 0.148 e. The second kappa shape index (κ2) is 4.46. The minimum absolute atomic E-state index is 0.129. The molecule has 0 aliphatic carbocycles.